The molecule has 0 radical (unpaired) electrons. The summed E-state index contributed by atoms with van der Waals surface area (Å²) in [4.78, 5) is 14.3. The highest BCUT2D eigenvalue weighted by Crippen LogP contribution is 2.31. The van der Waals surface area contributed by atoms with Gasteiger partial charge in [0.1, 0.15) is 5.75 Å². The van der Waals surface area contributed by atoms with Gasteiger partial charge < -0.3 is 20.3 Å². The van der Waals surface area contributed by atoms with Crippen LogP contribution in [0.25, 0.3) is 0 Å². The second-order valence-corrected chi connectivity index (χ2v) is 3.40. The number of aliphatic carboxylic acids is 1. The molecule has 0 bridgehead atoms. The Balaban J connectivity index is 3.27. The van der Waals surface area contributed by atoms with Gasteiger partial charge in [0.05, 0.1) is 24.9 Å². The van der Waals surface area contributed by atoms with Gasteiger partial charge in [0.15, 0.2) is 5.75 Å². The maximum Gasteiger partial charge on any atom is 0.573 e. The zero-order chi connectivity index (χ0) is 14.6. The molecule has 1 aromatic heterocycles. The SMILES string of the molecule is COc1cc(OC(F)(F)F)c(CC(=O)O)nc1CN. The fourth-order valence-corrected chi connectivity index (χ4v) is 1.36. The number of ether oxygens (including phenoxy) is 2. The fourth-order valence-electron chi connectivity index (χ4n) is 1.36. The summed E-state index contributed by atoms with van der Waals surface area (Å²) in [6, 6.07) is 0.918. The van der Waals surface area contributed by atoms with Crippen LogP contribution in [0.3, 0.4) is 0 Å². The lowest BCUT2D eigenvalue weighted by Crippen LogP contribution is -2.20. The van der Waals surface area contributed by atoms with Crippen molar-refractivity contribution in [3.63, 3.8) is 0 Å². The summed E-state index contributed by atoms with van der Waals surface area (Å²) in [7, 11) is 1.23. The van der Waals surface area contributed by atoms with Crippen molar-refractivity contribution in [3.05, 3.63) is 17.5 Å². The van der Waals surface area contributed by atoms with E-state index in [2.05, 4.69) is 9.72 Å². The number of alkyl halides is 3. The van der Waals surface area contributed by atoms with Crippen LogP contribution in [0.2, 0.25) is 0 Å². The van der Waals surface area contributed by atoms with Gasteiger partial charge in [-0.05, 0) is 0 Å². The average molecular weight is 280 g/mol. The standard InChI is InChI=1S/C10H11F3N2O4/c1-18-7-3-8(19-10(11,12)13)5(2-9(16)17)15-6(7)4-14/h3H,2,4,14H2,1H3,(H,16,17). The van der Waals surface area contributed by atoms with Crippen molar-refractivity contribution >= 4 is 5.97 Å². The lowest BCUT2D eigenvalue weighted by molar-refractivity contribution is -0.275. The molecule has 0 aliphatic rings. The van der Waals surface area contributed by atoms with E-state index in [9.17, 15) is 18.0 Å². The van der Waals surface area contributed by atoms with Gasteiger partial charge in [0.25, 0.3) is 0 Å². The lowest BCUT2D eigenvalue weighted by atomic mass is 10.2. The molecule has 0 fully saturated rings. The second-order valence-electron chi connectivity index (χ2n) is 3.40. The number of carboxylic acid groups (broad SMARTS) is 1. The van der Waals surface area contributed by atoms with Crippen LogP contribution in [-0.4, -0.2) is 29.5 Å². The minimum absolute atomic E-state index is 0.00381. The monoisotopic (exact) mass is 280 g/mol. The first-order valence-electron chi connectivity index (χ1n) is 5.01. The van der Waals surface area contributed by atoms with Crippen molar-refractivity contribution in [2.45, 2.75) is 19.3 Å². The van der Waals surface area contributed by atoms with E-state index in [0.717, 1.165) is 6.07 Å². The van der Waals surface area contributed by atoms with Gasteiger partial charge in [-0.15, -0.1) is 13.2 Å². The van der Waals surface area contributed by atoms with Gasteiger partial charge in [-0.3, -0.25) is 4.79 Å². The Labute approximate surface area is 105 Å². The first-order valence-corrected chi connectivity index (χ1v) is 5.01. The maximum absolute atomic E-state index is 12.2. The first kappa shape index (κ1) is 15.0. The molecule has 6 nitrogen and oxygen atoms in total. The van der Waals surface area contributed by atoms with Crippen LogP contribution in [0.5, 0.6) is 11.5 Å². The Morgan fingerprint density at radius 1 is 1.42 bits per heavy atom. The van der Waals surface area contributed by atoms with Crippen LogP contribution in [-0.2, 0) is 17.8 Å². The normalized spacial score (nSPS) is 11.2. The largest absolute Gasteiger partial charge is 0.573 e. The predicted molar refractivity (Wildman–Crippen MR) is 56.7 cm³/mol. The molecule has 0 amide bonds. The first-order chi connectivity index (χ1) is 8.76. The zero-order valence-electron chi connectivity index (χ0n) is 9.82. The number of pyridine rings is 1. The molecule has 0 unspecified atom stereocenters. The number of carboxylic acids is 1. The van der Waals surface area contributed by atoms with Gasteiger partial charge >= 0.3 is 12.3 Å². The molecule has 1 rings (SSSR count). The number of nitrogens with two attached hydrogens (primary N) is 1. The zero-order valence-corrected chi connectivity index (χ0v) is 9.82. The van der Waals surface area contributed by atoms with E-state index in [1.165, 1.54) is 7.11 Å². The molecule has 1 aromatic rings. The predicted octanol–water partition coefficient (Wildman–Crippen LogP) is 1.07. The summed E-state index contributed by atoms with van der Waals surface area (Å²) in [5.74, 6) is -2.06. The highest BCUT2D eigenvalue weighted by atomic mass is 19.4. The molecular formula is C10H11F3N2O4. The summed E-state index contributed by atoms with van der Waals surface area (Å²) in [6.07, 6.45) is -5.67. The van der Waals surface area contributed by atoms with Crippen molar-refractivity contribution in [2.75, 3.05) is 7.11 Å². The van der Waals surface area contributed by atoms with Gasteiger partial charge in [-0.2, -0.15) is 0 Å². The molecule has 106 valence electrons. The highest BCUT2D eigenvalue weighted by molar-refractivity contribution is 5.70. The second kappa shape index (κ2) is 5.74. The third kappa shape index (κ3) is 4.28. The smallest absolute Gasteiger partial charge is 0.495 e. The Hall–Kier alpha value is -2.03. The van der Waals surface area contributed by atoms with Crippen LogP contribution in [0.15, 0.2) is 6.07 Å². The fraction of sp³-hybridized carbons (Fsp3) is 0.400. The van der Waals surface area contributed by atoms with Crippen LogP contribution < -0.4 is 15.2 Å². The Kier molecular flexibility index (Phi) is 4.54. The Bertz CT molecular complexity index is 477. The van der Waals surface area contributed by atoms with E-state index in [4.69, 9.17) is 15.6 Å². The van der Waals surface area contributed by atoms with Crippen LogP contribution in [0.1, 0.15) is 11.4 Å². The highest BCUT2D eigenvalue weighted by Gasteiger charge is 2.33. The number of methoxy groups -OCH3 is 1. The van der Waals surface area contributed by atoms with Crippen LogP contribution in [0, 0.1) is 0 Å². The van der Waals surface area contributed by atoms with Crippen LogP contribution >= 0.6 is 0 Å². The molecule has 0 saturated heterocycles. The van der Waals surface area contributed by atoms with Gasteiger partial charge in [0, 0.05) is 12.6 Å². The summed E-state index contributed by atoms with van der Waals surface area (Å²) < 4.78 is 45.2. The number of rotatable bonds is 5. The molecule has 0 saturated carbocycles. The third-order valence-corrected chi connectivity index (χ3v) is 2.06. The maximum atomic E-state index is 12.2. The summed E-state index contributed by atoms with van der Waals surface area (Å²) in [5.41, 5.74) is 5.13. The number of halogens is 3. The van der Waals surface area contributed by atoms with Gasteiger partial charge in [0.2, 0.25) is 0 Å². The van der Waals surface area contributed by atoms with E-state index in [1.807, 2.05) is 0 Å². The van der Waals surface area contributed by atoms with E-state index in [-0.39, 0.29) is 23.7 Å². The minimum atomic E-state index is -4.95. The molecule has 0 aliphatic heterocycles. The number of aromatic nitrogens is 1. The topological polar surface area (TPSA) is 94.7 Å². The number of hydrogen-bond donors (Lipinski definition) is 2. The average Bonchev–Trinajstić information content (AvgIpc) is 2.28. The minimum Gasteiger partial charge on any atom is -0.495 e. The molecule has 9 heteroatoms. The van der Waals surface area contributed by atoms with Crippen molar-refractivity contribution in [1.82, 2.24) is 4.98 Å². The summed E-state index contributed by atoms with van der Waals surface area (Å²) in [5, 5.41) is 8.64. The molecule has 19 heavy (non-hydrogen) atoms. The lowest BCUT2D eigenvalue weighted by Gasteiger charge is -2.15. The molecular weight excluding hydrogens is 269 g/mol. The molecule has 3 N–H and O–H groups in total. The van der Waals surface area contributed by atoms with E-state index < -0.39 is 24.5 Å². The van der Waals surface area contributed by atoms with E-state index >= 15 is 0 Å². The van der Waals surface area contributed by atoms with E-state index in [0.29, 0.717) is 0 Å². The summed E-state index contributed by atoms with van der Waals surface area (Å²) in [6.45, 7) is -0.109. The van der Waals surface area contributed by atoms with Crippen molar-refractivity contribution in [2.24, 2.45) is 5.73 Å². The van der Waals surface area contributed by atoms with Crippen molar-refractivity contribution in [1.29, 1.82) is 0 Å². The summed E-state index contributed by atoms with van der Waals surface area (Å²) >= 11 is 0. The number of nitrogens with zero attached hydrogens (tertiary/aromatic N) is 1. The van der Waals surface area contributed by atoms with Gasteiger partial charge in [-0.25, -0.2) is 4.98 Å². The van der Waals surface area contributed by atoms with Crippen molar-refractivity contribution in [3.8, 4) is 11.5 Å². The van der Waals surface area contributed by atoms with Crippen LogP contribution in [0.4, 0.5) is 13.2 Å². The molecule has 0 atom stereocenters. The van der Waals surface area contributed by atoms with E-state index in [1.54, 1.807) is 0 Å². The molecule has 0 aromatic carbocycles. The number of hydrogen-bond acceptors (Lipinski definition) is 5. The van der Waals surface area contributed by atoms with Gasteiger partial charge in [-0.1, -0.05) is 0 Å². The third-order valence-electron chi connectivity index (χ3n) is 2.06. The Morgan fingerprint density at radius 2 is 2.05 bits per heavy atom. The quantitative estimate of drug-likeness (QED) is 0.838. The number of carbonyl (C=O) groups is 1. The Morgan fingerprint density at radius 3 is 2.47 bits per heavy atom. The molecule has 1 heterocycles. The molecule has 0 aliphatic carbocycles. The molecule has 0 spiro atoms. The van der Waals surface area contributed by atoms with Crippen molar-refractivity contribution < 1.29 is 32.5 Å².